The van der Waals surface area contributed by atoms with Crippen molar-refractivity contribution in [1.29, 1.82) is 0 Å². The van der Waals surface area contributed by atoms with Gasteiger partial charge in [-0.1, -0.05) is 18.5 Å². The fraction of sp³-hybridized carbons (Fsp3) is 0.667. The number of aliphatic hydroxyl groups is 1. The molecule has 1 fully saturated rings. The second kappa shape index (κ2) is 8.88. The molecule has 1 saturated heterocycles. The normalized spacial score (nSPS) is 23.5. The number of aliphatic hydroxyl groups excluding tert-OH is 1. The lowest BCUT2D eigenvalue weighted by molar-refractivity contribution is -0.0969. The topological polar surface area (TPSA) is 123 Å². The summed E-state index contributed by atoms with van der Waals surface area (Å²) >= 11 is 0. The van der Waals surface area contributed by atoms with E-state index < -0.39 is 0 Å². The summed E-state index contributed by atoms with van der Waals surface area (Å²) in [7, 11) is 1.62. The first kappa shape index (κ1) is 20.2. The maximum Gasteiger partial charge on any atom is 0.302 e. The van der Waals surface area contributed by atoms with Gasteiger partial charge in [0.1, 0.15) is 12.6 Å². The van der Waals surface area contributed by atoms with Gasteiger partial charge in [-0.15, -0.1) is 0 Å². The molecule has 1 spiro atoms. The minimum Gasteiger partial charge on any atom is -0.394 e. The van der Waals surface area contributed by atoms with Gasteiger partial charge in [0.25, 0.3) is 5.56 Å². The van der Waals surface area contributed by atoms with Gasteiger partial charge >= 0.3 is 5.82 Å². The van der Waals surface area contributed by atoms with E-state index >= 15 is 0 Å². The summed E-state index contributed by atoms with van der Waals surface area (Å²) in [4.78, 5) is 28.2. The highest BCUT2D eigenvalue weighted by Crippen LogP contribution is 2.38. The molecule has 2 atom stereocenters. The number of nitrogen functional groups attached to an aromatic ring is 1. The predicted molar refractivity (Wildman–Crippen MR) is 94.2 cm³/mol. The van der Waals surface area contributed by atoms with Crippen molar-refractivity contribution in [3.8, 4) is 0 Å². The van der Waals surface area contributed by atoms with Crippen molar-refractivity contribution in [2.45, 2.75) is 46.3 Å². The molecular formula is C15H28N5O4+. The zero-order valence-electron chi connectivity index (χ0n) is 14.9. The molecule has 1 aromatic heterocycles. The van der Waals surface area contributed by atoms with Crippen molar-refractivity contribution in [2.24, 2.45) is 4.99 Å². The first-order valence-electron chi connectivity index (χ1n) is 8.06. The summed E-state index contributed by atoms with van der Waals surface area (Å²) < 4.78 is 5.10. The van der Waals surface area contributed by atoms with E-state index in [2.05, 4.69) is 15.0 Å². The lowest BCUT2D eigenvalue weighted by Gasteiger charge is -2.20. The maximum atomic E-state index is 11.7. The van der Waals surface area contributed by atoms with Gasteiger partial charge in [-0.25, -0.2) is 0 Å². The van der Waals surface area contributed by atoms with E-state index in [1.807, 2.05) is 13.8 Å². The number of fused-ring (bicyclic) bond motifs is 2. The number of aliphatic imine (C=N–C) groups is 1. The minimum absolute atomic E-state index is 0.0253. The molecule has 24 heavy (non-hydrogen) atoms. The van der Waals surface area contributed by atoms with Crippen molar-refractivity contribution < 1.29 is 14.7 Å². The molecule has 0 bridgehead atoms. The smallest absolute Gasteiger partial charge is 0.302 e. The van der Waals surface area contributed by atoms with Crippen LogP contribution in [0.15, 0.2) is 9.79 Å². The van der Waals surface area contributed by atoms with E-state index in [0.717, 1.165) is 6.42 Å². The van der Waals surface area contributed by atoms with E-state index in [1.54, 1.807) is 27.3 Å². The number of hydrogen-bond donors (Lipinski definition) is 3. The highest BCUT2D eigenvalue weighted by molar-refractivity contribution is 5.85. The second-order valence-electron chi connectivity index (χ2n) is 5.45. The van der Waals surface area contributed by atoms with Gasteiger partial charge in [-0.05, 0) is 13.8 Å². The molecule has 3 heterocycles. The van der Waals surface area contributed by atoms with Crippen LogP contribution >= 0.6 is 0 Å². The summed E-state index contributed by atoms with van der Waals surface area (Å²) in [6, 6.07) is 0. The van der Waals surface area contributed by atoms with Gasteiger partial charge in [0.15, 0.2) is 0 Å². The average molecular weight is 342 g/mol. The fourth-order valence-electron chi connectivity index (χ4n) is 2.31. The number of quaternary nitrogens is 1. The highest BCUT2D eigenvalue weighted by Gasteiger charge is 2.49. The first-order valence-corrected chi connectivity index (χ1v) is 8.06. The van der Waals surface area contributed by atoms with E-state index in [0.29, 0.717) is 19.0 Å². The molecule has 0 radical (unpaired) electrons. The van der Waals surface area contributed by atoms with E-state index in [-0.39, 0.29) is 34.0 Å². The Morgan fingerprint density at radius 3 is 2.75 bits per heavy atom. The molecule has 2 unspecified atom stereocenters. The molecule has 0 aliphatic carbocycles. The molecule has 136 valence electrons. The number of methoxy groups -OCH3 is 1. The number of anilines is 1. The molecule has 3 rings (SSSR count). The Morgan fingerprint density at radius 2 is 2.17 bits per heavy atom. The van der Waals surface area contributed by atoms with Gasteiger partial charge in [0.05, 0.1) is 6.61 Å². The lowest BCUT2D eigenvalue weighted by atomic mass is 10.3. The van der Waals surface area contributed by atoms with Crippen molar-refractivity contribution in [1.82, 2.24) is 14.6 Å². The molecule has 1 aromatic rings. The summed E-state index contributed by atoms with van der Waals surface area (Å²) in [5, 5.41) is 8.06. The van der Waals surface area contributed by atoms with Gasteiger partial charge < -0.3 is 15.6 Å². The largest absolute Gasteiger partial charge is 0.394 e. The number of nitrogens with one attached hydrogen (secondary N) is 1. The van der Waals surface area contributed by atoms with Crippen molar-refractivity contribution >= 4 is 23.8 Å². The van der Waals surface area contributed by atoms with Crippen molar-refractivity contribution in [3.63, 3.8) is 0 Å². The van der Waals surface area contributed by atoms with Crippen LogP contribution in [0.5, 0.6) is 0 Å². The Kier molecular flexibility index (Phi) is 7.49. The number of hydroxylamine groups is 2. The number of ether oxygens (including phenoxy) is 1. The van der Waals surface area contributed by atoms with Crippen molar-refractivity contribution in [3.05, 3.63) is 10.4 Å². The molecular weight excluding hydrogens is 314 g/mol. The van der Waals surface area contributed by atoms with Crippen LogP contribution < -0.4 is 15.9 Å². The monoisotopic (exact) mass is 342 g/mol. The van der Waals surface area contributed by atoms with Gasteiger partial charge in [-0.3, -0.25) is 9.78 Å². The third-order valence-corrected chi connectivity index (χ3v) is 3.10. The molecule has 0 saturated carbocycles. The van der Waals surface area contributed by atoms with Crippen LogP contribution in [0.1, 0.15) is 34.1 Å². The highest BCUT2D eigenvalue weighted by atomic mass is 16.7. The van der Waals surface area contributed by atoms with Crippen LogP contribution in [0.3, 0.4) is 0 Å². The van der Waals surface area contributed by atoms with Crippen molar-refractivity contribution in [2.75, 3.05) is 26.0 Å². The number of H-pyrrole nitrogens is 1. The number of aromatic nitrogens is 2. The van der Waals surface area contributed by atoms with E-state index in [4.69, 9.17) is 20.4 Å². The van der Waals surface area contributed by atoms with Crippen LogP contribution in [0, 0.1) is 0 Å². The Bertz CT molecular complexity index is 614. The summed E-state index contributed by atoms with van der Waals surface area (Å²) in [6.45, 7) is 8.61. The maximum absolute atomic E-state index is 11.7. The molecule has 2 aliphatic rings. The zero-order valence-corrected chi connectivity index (χ0v) is 14.9. The SMILES string of the molecule is CC.CC(C)O.COCC1CC[N+]2(C=Nc3c2nc(N)[nH]c3=O)O1. The quantitative estimate of drug-likeness (QED) is 0.692. The summed E-state index contributed by atoms with van der Waals surface area (Å²) in [6.07, 6.45) is 2.20. The Morgan fingerprint density at radius 1 is 1.54 bits per heavy atom. The third-order valence-electron chi connectivity index (χ3n) is 3.10. The Hall–Kier alpha value is -1.81. The van der Waals surface area contributed by atoms with Crippen LogP contribution in [-0.4, -0.2) is 53.9 Å². The van der Waals surface area contributed by atoms with E-state index in [9.17, 15) is 4.79 Å². The Labute approximate surface area is 141 Å². The molecule has 9 nitrogen and oxygen atoms in total. The molecule has 4 N–H and O–H groups in total. The molecule has 0 amide bonds. The average Bonchev–Trinajstić information content (AvgIpc) is 3.07. The van der Waals surface area contributed by atoms with Gasteiger partial charge in [0, 0.05) is 19.6 Å². The minimum atomic E-state index is -0.345. The lowest BCUT2D eigenvalue weighted by Crippen LogP contribution is -2.44. The number of nitrogens with two attached hydrogens (primary N) is 1. The van der Waals surface area contributed by atoms with Crippen LogP contribution in [0.25, 0.3) is 0 Å². The Balaban J connectivity index is 0.000000423. The number of nitrogens with zero attached hydrogens (tertiary/aromatic N) is 3. The summed E-state index contributed by atoms with van der Waals surface area (Å²) in [5.41, 5.74) is 5.48. The third kappa shape index (κ3) is 4.60. The summed E-state index contributed by atoms with van der Waals surface area (Å²) in [5.74, 6) is 0.524. The van der Waals surface area contributed by atoms with Crippen LogP contribution in [0.4, 0.5) is 17.5 Å². The molecule has 2 aliphatic heterocycles. The van der Waals surface area contributed by atoms with Gasteiger partial charge in [0.2, 0.25) is 18.0 Å². The van der Waals surface area contributed by atoms with Crippen LogP contribution in [-0.2, 0) is 9.57 Å². The van der Waals surface area contributed by atoms with Gasteiger partial charge in [-0.2, -0.15) is 14.8 Å². The first-order chi connectivity index (χ1) is 11.4. The number of aromatic amines is 1. The molecule has 0 aromatic carbocycles. The number of hydrogen-bond acceptors (Lipinski definition) is 7. The standard InChI is InChI=1S/C10H13N5O3.C3H8O.C2H6/c1-17-4-6-2-3-15(18-6)5-12-7-8(15)13-10(11)14-9(7)16;1-3(2)4;1-2/h5-6H,2-4H2,1H3,(H2-,11,13,14,16);3-4H,1-2H3;1-2H3/p+1. The van der Waals surface area contributed by atoms with Crippen LogP contribution in [0.2, 0.25) is 0 Å². The fourth-order valence-corrected chi connectivity index (χ4v) is 2.31. The van der Waals surface area contributed by atoms with E-state index in [1.165, 1.54) is 0 Å². The molecule has 9 heteroatoms. The predicted octanol–water partition coefficient (Wildman–Crippen LogP) is 1.10. The zero-order chi connectivity index (χ0) is 18.3. The second-order valence-corrected chi connectivity index (χ2v) is 5.45. The number of rotatable bonds is 2.